The van der Waals surface area contributed by atoms with E-state index in [1.165, 1.54) is 0 Å². The van der Waals surface area contributed by atoms with Crippen molar-refractivity contribution in [3.8, 4) is 34.1 Å². The molecule has 146 valence electrons. The summed E-state index contributed by atoms with van der Waals surface area (Å²) in [5, 5.41) is 0. The van der Waals surface area contributed by atoms with Crippen LogP contribution in [-0.2, 0) is 6.42 Å². The molecule has 0 unspecified atom stereocenters. The number of aromatic nitrogens is 1. The molecule has 3 rings (SSSR count). The van der Waals surface area contributed by atoms with E-state index in [1.807, 2.05) is 19.2 Å². The minimum absolute atomic E-state index is 0.533. The first-order valence-corrected chi connectivity index (χ1v) is 8.99. The second-order valence-corrected chi connectivity index (χ2v) is 6.36. The first kappa shape index (κ1) is 19.5. The second kappa shape index (κ2) is 8.65. The summed E-state index contributed by atoms with van der Waals surface area (Å²) < 4.78 is 22.4. The molecule has 3 aromatic rings. The average molecular weight is 379 g/mol. The number of ether oxygens (including phenoxy) is 4. The minimum Gasteiger partial charge on any atom is -0.492 e. The molecule has 0 atom stereocenters. The SMILES string of the molecule is COc1c(C)c(Cc2cccc(-c3cccnc3)c2)c(OC)c(OC)c1OC. The second-order valence-electron chi connectivity index (χ2n) is 6.36. The Morgan fingerprint density at radius 1 is 0.750 bits per heavy atom. The van der Waals surface area contributed by atoms with Gasteiger partial charge in [0.25, 0.3) is 0 Å². The normalized spacial score (nSPS) is 10.5. The van der Waals surface area contributed by atoms with Gasteiger partial charge in [-0.25, -0.2) is 0 Å². The maximum Gasteiger partial charge on any atom is 0.207 e. The van der Waals surface area contributed by atoms with Gasteiger partial charge in [0.1, 0.15) is 0 Å². The monoisotopic (exact) mass is 379 g/mol. The molecule has 0 radical (unpaired) electrons. The summed E-state index contributed by atoms with van der Waals surface area (Å²) >= 11 is 0. The number of hydrogen-bond donors (Lipinski definition) is 0. The molecule has 0 aliphatic heterocycles. The number of pyridine rings is 1. The first-order valence-electron chi connectivity index (χ1n) is 8.99. The van der Waals surface area contributed by atoms with Crippen LogP contribution in [0.2, 0.25) is 0 Å². The van der Waals surface area contributed by atoms with Gasteiger partial charge < -0.3 is 18.9 Å². The van der Waals surface area contributed by atoms with E-state index >= 15 is 0 Å². The van der Waals surface area contributed by atoms with E-state index in [-0.39, 0.29) is 0 Å². The van der Waals surface area contributed by atoms with Crippen LogP contribution in [0.3, 0.4) is 0 Å². The van der Waals surface area contributed by atoms with Crippen molar-refractivity contribution in [1.82, 2.24) is 4.98 Å². The zero-order chi connectivity index (χ0) is 20.1. The number of benzene rings is 2. The van der Waals surface area contributed by atoms with E-state index in [0.29, 0.717) is 29.4 Å². The molecule has 0 amide bonds. The smallest absolute Gasteiger partial charge is 0.207 e. The molecule has 1 aromatic heterocycles. The van der Waals surface area contributed by atoms with Crippen molar-refractivity contribution in [2.75, 3.05) is 28.4 Å². The minimum atomic E-state index is 0.533. The van der Waals surface area contributed by atoms with Crippen LogP contribution in [0.1, 0.15) is 16.7 Å². The van der Waals surface area contributed by atoms with E-state index in [0.717, 1.165) is 27.8 Å². The molecule has 0 aliphatic carbocycles. The highest BCUT2D eigenvalue weighted by Crippen LogP contribution is 2.49. The number of nitrogens with zero attached hydrogens (tertiary/aromatic N) is 1. The molecule has 2 aromatic carbocycles. The summed E-state index contributed by atoms with van der Waals surface area (Å²) in [7, 11) is 6.46. The Kier molecular flexibility index (Phi) is 6.04. The zero-order valence-electron chi connectivity index (χ0n) is 16.9. The highest BCUT2D eigenvalue weighted by atomic mass is 16.5. The van der Waals surface area contributed by atoms with E-state index in [1.54, 1.807) is 34.6 Å². The predicted molar refractivity (Wildman–Crippen MR) is 110 cm³/mol. The Labute approximate surface area is 165 Å². The van der Waals surface area contributed by atoms with Crippen molar-refractivity contribution in [3.63, 3.8) is 0 Å². The maximum atomic E-state index is 5.71. The third-order valence-corrected chi connectivity index (χ3v) is 4.81. The van der Waals surface area contributed by atoms with Gasteiger partial charge in [-0.2, -0.15) is 0 Å². The molecule has 5 heteroatoms. The van der Waals surface area contributed by atoms with Crippen LogP contribution in [0.25, 0.3) is 11.1 Å². The lowest BCUT2D eigenvalue weighted by Crippen LogP contribution is -2.05. The molecule has 0 fully saturated rings. The summed E-state index contributed by atoms with van der Waals surface area (Å²) in [5.41, 5.74) is 5.31. The quantitative estimate of drug-likeness (QED) is 0.596. The number of hydrogen-bond acceptors (Lipinski definition) is 5. The lowest BCUT2D eigenvalue weighted by atomic mass is 9.95. The number of methoxy groups -OCH3 is 4. The highest BCUT2D eigenvalue weighted by Gasteiger charge is 2.25. The summed E-state index contributed by atoms with van der Waals surface area (Å²) in [6.07, 6.45) is 4.31. The van der Waals surface area contributed by atoms with Crippen LogP contribution in [-0.4, -0.2) is 33.4 Å². The molecule has 28 heavy (non-hydrogen) atoms. The van der Waals surface area contributed by atoms with Crippen molar-refractivity contribution in [1.29, 1.82) is 0 Å². The van der Waals surface area contributed by atoms with Gasteiger partial charge in [-0.3, -0.25) is 4.98 Å². The molecule has 0 aliphatic rings. The standard InChI is InChI=1S/C23H25NO4/c1-15-19(21(26-3)23(28-5)22(27-4)20(15)25-2)13-16-8-6-9-17(12-16)18-10-7-11-24-14-18/h6-12,14H,13H2,1-5H3. The molecule has 5 nitrogen and oxygen atoms in total. The Hall–Kier alpha value is -3.21. The topological polar surface area (TPSA) is 49.8 Å². The van der Waals surface area contributed by atoms with Crippen LogP contribution in [0.4, 0.5) is 0 Å². The van der Waals surface area contributed by atoms with Gasteiger partial charge >= 0.3 is 0 Å². The van der Waals surface area contributed by atoms with E-state index < -0.39 is 0 Å². The van der Waals surface area contributed by atoms with Gasteiger partial charge in [-0.05, 0) is 29.7 Å². The Morgan fingerprint density at radius 2 is 1.39 bits per heavy atom. The number of rotatable bonds is 7. The fraction of sp³-hybridized carbons (Fsp3) is 0.261. The fourth-order valence-electron chi connectivity index (χ4n) is 3.46. The summed E-state index contributed by atoms with van der Waals surface area (Å²) in [6.45, 7) is 2.00. The average Bonchev–Trinajstić information content (AvgIpc) is 2.75. The van der Waals surface area contributed by atoms with Gasteiger partial charge in [0, 0.05) is 29.9 Å². The van der Waals surface area contributed by atoms with E-state index in [2.05, 4.69) is 35.3 Å². The highest BCUT2D eigenvalue weighted by molar-refractivity contribution is 5.68. The summed E-state index contributed by atoms with van der Waals surface area (Å²) in [6, 6.07) is 12.4. The van der Waals surface area contributed by atoms with Gasteiger partial charge in [-0.15, -0.1) is 0 Å². The molecule has 0 spiro atoms. The van der Waals surface area contributed by atoms with Crippen LogP contribution in [0.5, 0.6) is 23.0 Å². The summed E-state index contributed by atoms with van der Waals surface area (Å²) in [4.78, 5) is 4.21. The van der Waals surface area contributed by atoms with Crippen molar-refractivity contribution in [3.05, 3.63) is 65.5 Å². The summed E-state index contributed by atoms with van der Waals surface area (Å²) in [5.74, 6) is 2.38. The van der Waals surface area contributed by atoms with Crippen molar-refractivity contribution in [2.45, 2.75) is 13.3 Å². The van der Waals surface area contributed by atoms with Gasteiger partial charge in [0.15, 0.2) is 11.5 Å². The van der Waals surface area contributed by atoms with Gasteiger partial charge in [-0.1, -0.05) is 30.3 Å². The Bertz CT molecular complexity index is 955. The van der Waals surface area contributed by atoms with Gasteiger partial charge in [0.05, 0.1) is 28.4 Å². The van der Waals surface area contributed by atoms with Gasteiger partial charge in [0.2, 0.25) is 11.5 Å². The maximum absolute atomic E-state index is 5.71. The molecule has 0 bridgehead atoms. The van der Waals surface area contributed by atoms with Crippen LogP contribution in [0, 0.1) is 6.92 Å². The van der Waals surface area contributed by atoms with Crippen LogP contribution < -0.4 is 18.9 Å². The van der Waals surface area contributed by atoms with Crippen molar-refractivity contribution in [2.24, 2.45) is 0 Å². The van der Waals surface area contributed by atoms with Crippen LogP contribution in [0.15, 0.2) is 48.8 Å². The first-order chi connectivity index (χ1) is 13.6. The molecular weight excluding hydrogens is 354 g/mol. The molecule has 0 N–H and O–H groups in total. The lowest BCUT2D eigenvalue weighted by Gasteiger charge is -2.21. The van der Waals surface area contributed by atoms with Crippen molar-refractivity contribution >= 4 is 0 Å². The molecular formula is C23H25NO4. The van der Waals surface area contributed by atoms with E-state index in [4.69, 9.17) is 18.9 Å². The third-order valence-electron chi connectivity index (χ3n) is 4.81. The predicted octanol–water partition coefficient (Wildman–Crippen LogP) is 4.68. The molecule has 0 saturated heterocycles. The van der Waals surface area contributed by atoms with Crippen LogP contribution >= 0.6 is 0 Å². The Balaban J connectivity index is 2.10. The zero-order valence-corrected chi connectivity index (χ0v) is 16.9. The third kappa shape index (κ3) is 3.60. The molecule has 0 saturated carbocycles. The van der Waals surface area contributed by atoms with Crippen molar-refractivity contribution < 1.29 is 18.9 Å². The Morgan fingerprint density at radius 3 is 2.00 bits per heavy atom. The molecule has 1 heterocycles. The van der Waals surface area contributed by atoms with E-state index in [9.17, 15) is 0 Å². The fourth-order valence-corrected chi connectivity index (χ4v) is 3.46. The largest absolute Gasteiger partial charge is 0.492 e. The lowest BCUT2D eigenvalue weighted by molar-refractivity contribution is 0.302.